The van der Waals surface area contributed by atoms with Gasteiger partial charge in [0.15, 0.2) is 6.61 Å². The molecule has 1 aromatic carbocycles. The van der Waals surface area contributed by atoms with Crippen molar-refractivity contribution in [3.63, 3.8) is 0 Å². The van der Waals surface area contributed by atoms with E-state index in [0.29, 0.717) is 11.6 Å². The number of primary amides is 1. The van der Waals surface area contributed by atoms with Crippen molar-refractivity contribution in [2.75, 3.05) is 26.9 Å². The van der Waals surface area contributed by atoms with Crippen molar-refractivity contribution in [3.8, 4) is 5.75 Å². The number of imide groups is 1. The average Bonchev–Trinajstić information content (AvgIpc) is 2.46. The molecule has 0 aliphatic carbocycles. The van der Waals surface area contributed by atoms with Crippen molar-refractivity contribution >= 4 is 29.4 Å². The lowest BCUT2D eigenvalue weighted by atomic mass is 10.2. The van der Waals surface area contributed by atoms with Gasteiger partial charge in [0.2, 0.25) is 0 Å². The van der Waals surface area contributed by atoms with Crippen LogP contribution < -0.4 is 21.1 Å². The molecule has 120 valence electrons. The van der Waals surface area contributed by atoms with Gasteiger partial charge in [0.25, 0.3) is 11.8 Å². The molecule has 0 spiro atoms. The predicted molar refractivity (Wildman–Crippen MR) is 78.9 cm³/mol. The molecule has 0 atom stereocenters. The van der Waals surface area contributed by atoms with Crippen LogP contribution in [0.2, 0.25) is 5.02 Å². The Morgan fingerprint density at radius 2 is 2.05 bits per heavy atom. The number of urea groups is 1. The van der Waals surface area contributed by atoms with Gasteiger partial charge in [-0.2, -0.15) is 0 Å². The van der Waals surface area contributed by atoms with Gasteiger partial charge in [-0.05, 0) is 18.2 Å². The molecule has 8 nitrogen and oxygen atoms in total. The highest BCUT2D eigenvalue weighted by atomic mass is 35.5. The maximum atomic E-state index is 11.5. The SMILES string of the molecule is COCCNC(=O)NC(=O)COc1ccc(Cl)cc1C(N)=O. The summed E-state index contributed by atoms with van der Waals surface area (Å²) >= 11 is 5.75. The summed E-state index contributed by atoms with van der Waals surface area (Å²) in [5, 5.41) is 4.77. The van der Waals surface area contributed by atoms with Crippen LogP contribution in [0.3, 0.4) is 0 Å². The molecule has 9 heteroatoms. The van der Waals surface area contributed by atoms with Crippen molar-refractivity contribution in [1.29, 1.82) is 0 Å². The van der Waals surface area contributed by atoms with Crippen LogP contribution in [-0.4, -0.2) is 44.7 Å². The molecule has 22 heavy (non-hydrogen) atoms. The first-order valence-corrected chi connectivity index (χ1v) is 6.60. The smallest absolute Gasteiger partial charge is 0.321 e. The molecule has 0 aromatic heterocycles. The maximum absolute atomic E-state index is 11.5. The monoisotopic (exact) mass is 329 g/mol. The van der Waals surface area contributed by atoms with E-state index in [1.54, 1.807) is 0 Å². The second kappa shape index (κ2) is 8.85. The van der Waals surface area contributed by atoms with Crippen LogP contribution in [0.25, 0.3) is 0 Å². The molecule has 0 fully saturated rings. The number of hydrogen-bond acceptors (Lipinski definition) is 5. The van der Waals surface area contributed by atoms with Crippen LogP contribution in [0.15, 0.2) is 18.2 Å². The molecule has 0 radical (unpaired) electrons. The van der Waals surface area contributed by atoms with Crippen molar-refractivity contribution in [2.45, 2.75) is 0 Å². The Morgan fingerprint density at radius 1 is 1.32 bits per heavy atom. The zero-order valence-corrected chi connectivity index (χ0v) is 12.6. The Morgan fingerprint density at radius 3 is 2.68 bits per heavy atom. The number of rotatable bonds is 7. The number of carbonyl (C=O) groups excluding carboxylic acids is 3. The van der Waals surface area contributed by atoms with Crippen LogP contribution in [0.1, 0.15) is 10.4 Å². The number of nitrogens with one attached hydrogen (secondary N) is 2. The van der Waals surface area contributed by atoms with Gasteiger partial charge in [0, 0.05) is 18.7 Å². The van der Waals surface area contributed by atoms with Crippen molar-refractivity contribution in [1.82, 2.24) is 10.6 Å². The predicted octanol–water partition coefficient (Wildman–Crippen LogP) is 0.290. The highest BCUT2D eigenvalue weighted by Gasteiger charge is 2.13. The molecule has 0 saturated carbocycles. The first kappa shape index (κ1) is 17.7. The lowest BCUT2D eigenvalue weighted by Gasteiger charge is -2.10. The van der Waals surface area contributed by atoms with E-state index < -0.39 is 24.5 Å². The highest BCUT2D eigenvalue weighted by molar-refractivity contribution is 6.31. The normalized spacial score (nSPS) is 9.91. The Balaban J connectivity index is 2.51. The van der Waals surface area contributed by atoms with Gasteiger partial charge in [-0.3, -0.25) is 14.9 Å². The van der Waals surface area contributed by atoms with Crippen LogP contribution in [0.5, 0.6) is 5.75 Å². The number of hydrogen-bond donors (Lipinski definition) is 3. The highest BCUT2D eigenvalue weighted by Crippen LogP contribution is 2.22. The number of nitrogens with two attached hydrogens (primary N) is 1. The zero-order valence-electron chi connectivity index (χ0n) is 11.8. The standard InChI is InChI=1S/C13H16ClN3O5/c1-21-5-4-16-13(20)17-11(18)7-22-10-3-2-8(14)6-9(10)12(15)19/h2-3,6H,4-5,7H2,1H3,(H2,15,19)(H2,16,17,18,20). The minimum atomic E-state index is -0.741. The Bertz CT molecular complexity index is 565. The van der Waals surface area contributed by atoms with E-state index in [1.165, 1.54) is 25.3 Å². The molecule has 0 saturated heterocycles. The summed E-state index contributed by atoms with van der Waals surface area (Å²) in [4.78, 5) is 34.1. The van der Waals surface area contributed by atoms with Gasteiger partial charge in [-0.15, -0.1) is 0 Å². The van der Waals surface area contributed by atoms with Crippen molar-refractivity contribution in [2.24, 2.45) is 5.73 Å². The summed E-state index contributed by atoms with van der Waals surface area (Å²) in [5.41, 5.74) is 5.23. The van der Waals surface area contributed by atoms with Gasteiger partial charge >= 0.3 is 6.03 Å². The van der Waals surface area contributed by atoms with E-state index in [9.17, 15) is 14.4 Å². The molecular formula is C13H16ClN3O5. The van der Waals surface area contributed by atoms with Crippen LogP contribution >= 0.6 is 11.6 Å². The number of halogens is 1. The Kier molecular flexibility index (Phi) is 7.14. The maximum Gasteiger partial charge on any atom is 0.321 e. The third-order valence-corrected chi connectivity index (χ3v) is 2.65. The molecule has 1 aromatic rings. The summed E-state index contributed by atoms with van der Waals surface area (Å²) < 4.78 is 9.91. The van der Waals surface area contributed by atoms with Gasteiger partial charge in [0.05, 0.1) is 12.2 Å². The zero-order chi connectivity index (χ0) is 16.5. The number of benzene rings is 1. The first-order valence-electron chi connectivity index (χ1n) is 6.22. The van der Waals surface area contributed by atoms with Crippen LogP contribution in [0, 0.1) is 0 Å². The molecular weight excluding hydrogens is 314 g/mol. The summed E-state index contributed by atoms with van der Waals surface area (Å²) in [6, 6.07) is 3.55. The van der Waals surface area contributed by atoms with E-state index in [0.717, 1.165) is 0 Å². The van der Waals surface area contributed by atoms with Gasteiger partial charge in [-0.1, -0.05) is 11.6 Å². The molecule has 0 aliphatic rings. The summed E-state index contributed by atoms with van der Waals surface area (Å²) in [6.07, 6.45) is 0. The molecule has 0 heterocycles. The molecule has 1 rings (SSSR count). The van der Waals surface area contributed by atoms with Crippen LogP contribution in [0.4, 0.5) is 4.79 Å². The summed E-state index contributed by atoms with van der Waals surface area (Å²) in [5.74, 6) is -1.32. The molecule has 0 aliphatic heterocycles. The lowest BCUT2D eigenvalue weighted by molar-refractivity contribution is -0.122. The minimum absolute atomic E-state index is 0.0462. The second-order valence-electron chi connectivity index (χ2n) is 4.09. The molecule has 4 amide bonds. The lowest BCUT2D eigenvalue weighted by Crippen LogP contribution is -2.42. The fourth-order valence-electron chi connectivity index (χ4n) is 1.44. The fraction of sp³-hybridized carbons (Fsp3) is 0.308. The molecule has 4 N–H and O–H groups in total. The van der Waals surface area contributed by atoms with Gasteiger partial charge < -0.3 is 20.5 Å². The summed E-state index contributed by atoms with van der Waals surface area (Å²) in [6.45, 7) is 0.129. The van der Waals surface area contributed by atoms with Crippen molar-refractivity contribution < 1.29 is 23.9 Å². The number of ether oxygens (including phenoxy) is 2. The minimum Gasteiger partial charge on any atom is -0.483 e. The van der Waals surface area contributed by atoms with E-state index in [4.69, 9.17) is 26.8 Å². The largest absolute Gasteiger partial charge is 0.483 e. The number of carbonyl (C=O) groups is 3. The quantitative estimate of drug-likeness (QED) is 0.621. The number of amides is 4. The topological polar surface area (TPSA) is 120 Å². The van der Waals surface area contributed by atoms with Crippen LogP contribution in [-0.2, 0) is 9.53 Å². The van der Waals surface area contributed by atoms with E-state index >= 15 is 0 Å². The third-order valence-electron chi connectivity index (χ3n) is 2.41. The first-order chi connectivity index (χ1) is 10.4. The number of methoxy groups -OCH3 is 1. The second-order valence-corrected chi connectivity index (χ2v) is 4.53. The van der Waals surface area contributed by atoms with Crippen molar-refractivity contribution in [3.05, 3.63) is 28.8 Å². The van der Waals surface area contributed by atoms with Gasteiger partial charge in [-0.25, -0.2) is 4.79 Å². The van der Waals surface area contributed by atoms with E-state index in [2.05, 4.69) is 10.6 Å². The van der Waals surface area contributed by atoms with Gasteiger partial charge in [0.1, 0.15) is 5.75 Å². The average molecular weight is 330 g/mol. The summed E-state index contributed by atoms with van der Waals surface area (Å²) in [7, 11) is 1.49. The fourth-order valence-corrected chi connectivity index (χ4v) is 1.61. The molecule has 0 unspecified atom stereocenters. The molecule has 0 bridgehead atoms. The Hall–Kier alpha value is -2.32. The van der Waals surface area contributed by atoms with E-state index in [1.807, 2.05) is 0 Å². The third kappa shape index (κ3) is 5.98. The van der Waals surface area contributed by atoms with E-state index in [-0.39, 0.29) is 17.9 Å². The Labute approximate surface area is 131 Å².